The number of fused-ring (bicyclic) bond motifs is 1. The van der Waals surface area contributed by atoms with E-state index in [0.29, 0.717) is 11.0 Å². The van der Waals surface area contributed by atoms with Crippen molar-refractivity contribution in [2.24, 2.45) is 0 Å². The van der Waals surface area contributed by atoms with E-state index in [0.717, 1.165) is 25.7 Å². The van der Waals surface area contributed by atoms with Crippen LogP contribution in [0.25, 0.3) is 11.0 Å². The molecule has 5 nitrogen and oxygen atoms in total. The molecule has 0 amide bonds. The number of nitrogens with one attached hydrogen (secondary N) is 1. The molecule has 0 radical (unpaired) electrons. The number of carboxylic acids is 1. The fourth-order valence-corrected chi connectivity index (χ4v) is 3.31. The number of H-pyrrole nitrogens is 1. The summed E-state index contributed by atoms with van der Waals surface area (Å²) >= 11 is 0. The van der Waals surface area contributed by atoms with Crippen LogP contribution in [0.1, 0.15) is 49.4 Å². The minimum atomic E-state index is -0.971. The molecule has 1 fully saturated rings. The zero-order valence-corrected chi connectivity index (χ0v) is 11.5. The van der Waals surface area contributed by atoms with Crippen LogP contribution >= 0.6 is 0 Å². The number of carbonyl (C=O) groups is 1. The van der Waals surface area contributed by atoms with E-state index in [-0.39, 0.29) is 16.8 Å². The van der Waals surface area contributed by atoms with Gasteiger partial charge in [-0.05, 0) is 38.0 Å². The molecule has 0 saturated heterocycles. The van der Waals surface area contributed by atoms with Crippen molar-refractivity contribution >= 4 is 17.0 Å². The Kier molecular flexibility index (Phi) is 2.92. The van der Waals surface area contributed by atoms with Crippen LogP contribution in [0.4, 0.5) is 0 Å². The molecule has 1 aliphatic rings. The lowest BCUT2D eigenvalue weighted by atomic mass is 9.83. The van der Waals surface area contributed by atoms with Crippen LogP contribution in [0.2, 0.25) is 0 Å². The molecule has 1 heterocycles. The van der Waals surface area contributed by atoms with Gasteiger partial charge in [-0.1, -0.05) is 19.3 Å². The smallest absolute Gasteiger partial charge is 0.335 e. The second kappa shape index (κ2) is 4.51. The zero-order chi connectivity index (χ0) is 14.3. The van der Waals surface area contributed by atoms with Gasteiger partial charge in [0.15, 0.2) is 0 Å². The summed E-state index contributed by atoms with van der Waals surface area (Å²) in [6.07, 6.45) is 5.32. The predicted octanol–water partition coefficient (Wildman–Crippen LogP) is 2.71. The largest absolute Gasteiger partial charge is 0.478 e. The molecular weight excluding hydrogens is 256 g/mol. The topological polar surface area (TPSA) is 75.1 Å². The standard InChI is InChI=1S/C15H18N2O3/c1-15(7-3-2-4-8-15)17-12-9-10(13(18)19)5-6-11(12)16-14(17)20/h5-6,9H,2-4,7-8H2,1H3,(H,16,20)(H,18,19). The van der Waals surface area contributed by atoms with Gasteiger partial charge in [0.1, 0.15) is 0 Å². The molecular formula is C15H18N2O3. The fraction of sp³-hybridized carbons (Fsp3) is 0.467. The quantitative estimate of drug-likeness (QED) is 0.884. The van der Waals surface area contributed by atoms with E-state index in [9.17, 15) is 9.59 Å². The molecule has 1 saturated carbocycles. The number of aromatic nitrogens is 2. The summed E-state index contributed by atoms with van der Waals surface area (Å²) in [6.45, 7) is 2.09. The molecule has 1 aromatic carbocycles. The maximum Gasteiger partial charge on any atom is 0.335 e. The van der Waals surface area contributed by atoms with Crippen LogP contribution < -0.4 is 5.69 Å². The molecule has 2 aromatic rings. The Bertz CT molecular complexity index is 720. The van der Waals surface area contributed by atoms with Gasteiger partial charge in [0, 0.05) is 5.54 Å². The van der Waals surface area contributed by atoms with E-state index in [1.165, 1.54) is 12.5 Å². The lowest BCUT2D eigenvalue weighted by Gasteiger charge is -2.34. The van der Waals surface area contributed by atoms with Crippen LogP contribution in [-0.4, -0.2) is 20.6 Å². The van der Waals surface area contributed by atoms with Crippen molar-refractivity contribution in [1.82, 2.24) is 9.55 Å². The van der Waals surface area contributed by atoms with Gasteiger partial charge < -0.3 is 10.1 Å². The van der Waals surface area contributed by atoms with Crippen LogP contribution in [0.15, 0.2) is 23.0 Å². The Hall–Kier alpha value is -2.04. The highest BCUT2D eigenvalue weighted by molar-refractivity contribution is 5.92. The van der Waals surface area contributed by atoms with Crippen molar-refractivity contribution < 1.29 is 9.90 Å². The fourth-order valence-electron chi connectivity index (χ4n) is 3.31. The van der Waals surface area contributed by atoms with Gasteiger partial charge in [-0.15, -0.1) is 0 Å². The van der Waals surface area contributed by atoms with Crippen molar-refractivity contribution in [3.63, 3.8) is 0 Å². The van der Waals surface area contributed by atoms with Gasteiger partial charge in [-0.25, -0.2) is 9.59 Å². The highest BCUT2D eigenvalue weighted by Gasteiger charge is 2.31. The number of aromatic amines is 1. The summed E-state index contributed by atoms with van der Waals surface area (Å²) < 4.78 is 1.76. The predicted molar refractivity (Wildman–Crippen MR) is 76.3 cm³/mol. The maximum atomic E-state index is 12.3. The van der Waals surface area contributed by atoms with Crippen molar-refractivity contribution in [3.8, 4) is 0 Å². The Balaban J connectivity index is 2.23. The molecule has 1 aliphatic carbocycles. The number of imidazole rings is 1. The van der Waals surface area contributed by atoms with Crippen LogP contribution in [0, 0.1) is 0 Å². The first-order valence-electron chi connectivity index (χ1n) is 7.00. The first-order chi connectivity index (χ1) is 9.51. The van der Waals surface area contributed by atoms with Gasteiger partial charge in [0.2, 0.25) is 0 Å². The minimum Gasteiger partial charge on any atom is -0.478 e. The lowest BCUT2D eigenvalue weighted by Crippen LogP contribution is -2.39. The van der Waals surface area contributed by atoms with Crippen molar-refractivity contribution in [2.45, 2.75) is 44.6 Å². The summed E-state index contributed by atoms with van der Waals surface area (Å²) in [5.41, 5.74) is 1.24. The van der Waals surface area contributed by atoms with Gasteiger partial charge in [-0.2, -0.15) is 0 Å². The van der Waals surface area contributed by atoms with E-state index in [4.69, 9.17) is 5.11 Å². The number of rotatable bonds is 2. The number of nitrogens with zero attached hydrogens (tertiary/aromatic N) is 1. The Morgan fingerprint density at radius 3 is 2.65 bits per heavy atom. The summed E-state index contributed by atoms with van der Waals surface area (Å²) in [7, 11) is 0. The molecule has 0 atom stereocenters. The average Bonchev–Trinajstić information content (AvgIpc) is 2.74. The number of hydrogen-bond acceptors (Lipinski definition) is 2. The van der Waals surface area contributed by atoms with Gasteiger partial charge >= 0.3 is 11.7 Å². The zero-order valence-electron chi connectivity index (χ0n) is 11.5. The molecule has 5 heteroatoms. The molecule has 0 unspecified atom stereocenters. The first kappa shape index (κ1) is 13.0. The number of benzene rings is 1. The van der Waals surface area contributed by atoms with Crippen LogP contribution in [0.3, 0.4) is 0 Å². The molecule has 0 aliphatic heterocycles. The second-order valence-electron chi connectivity index (χ2n) is 5.86. The molecule has 20 heavy (non-hydrogen) atoms. The van der Waals surface area contributed by atoms with E-state index in [2.05, 4.69) is 11.9 Å². The number of carboxylic acid groups (broad SMARTS) is 1. The molecule has 2 N–H and O–H groups in total. The van der Waals surface area contributed by atoms with Crippen LogP contribution in [0.5, 0.6) is 0 Å². The number of hydrogen-bond donors (Lipinski definition) is 2. The third-order valence-corrected chi connectivity index (χ3v) is 4.40. The van der Waals surface area contributed by atoms with E-state index in [1.807, 2.05) is 0 Å². The van der Waals surface area contributed by atoms with Crippen molar-refractivity contribution in [1.29, 1.82) is 0 Å². The molecule has 0 bridgehead atoms. The summed E-state index contributed by atoms with van der Waals surface area (Å²) in [4.78, 5) is 26.2. The minimum absolute atomic E-state index is 0.146. The highest BCUT2D eigenvalue weighted by atomic mass is 16.4. The first-order valence-corrected chi connectivity index (χ1v) is 7.00. The summed E-state index contributed by atoms with van der Waals surface area (Å²) in [6, 6.07) is 4.78. The molecule has 3 rings (SSSR count). The molecule has 0 spiro atoms. The summed E-state index contributed by atoms with van der Waals surface area (Å²) in [5.74, 6) is -0.971. The SMILES string of the molecule is CC1(n2c(=O)[nH]c3ccc(C(=O)O)cc32)CCCCC1. The van der Waals surface area contributed by atoms with Crippen molar-refractivity contribution in [2.75, 3.05) is 0 Å². The lowest BCUT2D eigenvalue weighted by molar-refractivity contribution is 0.0697. The third-order valence-electron chi connectivity index (χ3n) is 4.40. The van der Waals surface area contributed by atoms with E-state index < -0.39 is 5.97 Å². The van der Waals surface area contributed by atoms with E-state index in [1.54, 1.807) is 16.7 Å². The van der Waals surface area contributed by atoms with Gasteiger partial charge in [0.25, 0.3) is 0 Å². The normalized spacial score (nSPS) is 18.2. The Morgan fingerprint density at radius 1 is 1.30 bits per heavy atom. The molecule has 1 aromatic heterocycles. The monoisotopic (exact) mass is 274 g/mol. The maximum absolute atomic E-state index is 12.3. The highest BCUT2D eigenvalue weighted by Crippen LogP contribution is 2.35. The van der Waals surface area contributed by atoms with Gasteiger partial charge in [-0.3, -0.25) is 4.57 Å². The van der Waals surface area contributed by atoms with Gasteiger partial charge in [0.05, 0.1) is 16.6 Å². The Labute approximate surface area is 116 Å². The second-order valence-corrected chi connectivity index (χ2v) is 5.86. The Morgan fingerprint density at radius 2 is 2.00 bits per heavy atom. The third kappa shape index (κ3) is 1.94. The molecule has 106 valence electrons. The van der Waals surface area contributed by atoms with Crippen molar-refractivity contribution in [3.05, 3.63) is 34.2 Å². The number of aromatic carboxylic acids is 1. The van der Waals surface area contributed by atoms with E-state index >= 15 is 0 Å². The average molecular weight is 274 g/mol. The summed E-state index contributed by atoms with van der Waals surface area (Å²) in [5, 5.41) is 9.12. The van der Waals surface area contributed by atoms with Crippen LogP contribution in [-0.2, 0) is 5.54 Å².